The Hall–Kier alpha value is -1.62. The number of thiocarbonyl (C=S) groups is 1. The molecule has 0 spiro atoms. The molecule has 1 aromatic rings. The van der Waals surface area contributed by atoms with Crippen molar-refractivity contribution in [3.63, 3.8) is 0 Å². The van der Waals surface area contributed by atoms with Crippen LogP contribution in [0, 0.1) is 5.92 Å². The third-order valence-corrected chi connectivity index (χ3v) is 2.62. The first kappa shape index (κ1) is 15.4. The van der Waals surface area contributed by atoms with Crippen molar-refractivity contribution in [2.45, 2.75) is 20.3 Å². The van der Waals surface area contributed by atoms with Gasteiger partial charge in [-0.15, -0.1) is 0 Å². The lowest BCUT2D eigenvalue weighted by Crippen LogP contribution is -2.38. The molecule has 0 aliphatic heterocycles. The second-order valence-electron chi connectivity index (χ2n) is 4.74. The molecule has 19 heavy (non-hydrogen) atoms. The summed E-state index contributed by atoms with van der Waals surface area (Å²) in [7, 11) is 0. The molecule has 0 heterocycles. The molecule has 0 aromatic heterocycles. The lowest BCUT2D eigenvalue weighted by molar-refractivity contribution is 0.147. The molecule has 0 unspecified atom stereocenters. The van der Waals surface area contributed by atoms with Gasteiger partial charge < -0.3 is 15.4 Å². The Labute approximate surface area is 119 Å². The molecule has 4 nitrogen and oxygen atoms in total. The number of nitrogens with two attached hydrogens (primary N) is 1. The zero-order chi connectivity index (χ0) is 14.3. The van der Waals surface area contributed by atoms with E-state index < -0.39 is 0 Å². The minimum absolute atomic E-state index is 0.356. The van der Waals surface area contributed by atoms with Crippen LogP contribution in [0.2, 0.25) is 0 Å². The molecule has 104 valence electrons. The second-order valence-corrected chi connectivity index (χ2v) is 5.26. The van der Waals surface area contributed by atoms with Crippen molar-refractivity contribution < 1.29 is 9.53 Å². The summed E-state index contributed by atoms with van der Waals surface area (Å²) in [5.41, 5.74) is 5.48. The first-order valence-electron chi connectivity index (χ1n) is 6.29. The van der Waals surface area contributed by atoms with Crippen LogP contribution in [0.15, 0.2) is 30.3 Å². The number of hydrogen-bond acceptors (Lipinski definition) is 3. The van der Waals surface area contributed by atoms with E-state index in [0.29, 0.717) is 36.2 Å². The van der Waals surface area contributed by atoms with Crippen molar-refractivity contribution in [3.8, 4) is 5.75 Å². The summed E-state index contributed by atoms with van der Waals surface area (Å²) < 4.78 is 5.31. The van der Waals surface area contributed by atoms with Gasteiger partial charge in [-0.25, -0.2) is 4.79 Å². The molecule has 0 saturated carbocycles. The van der Waals surface area contributed by atoms with E-state index in [4.69, 9.17) is 22.7 Å². The molecule has 0 radical (unpaired) electrons. The molecule has 0 saturated heterocycles. The van der Waals surface area contributed by atoms with Crippen LogP contribution in [0.4, 0.5) is 4.79 Å². The number of ether oxygens (including phenoxy) is 1. The maximum Gasteiger partial charge on any atom is 0.415 e. The predicted molar refractivity (Wildman–Crippen MR) is 80.3 cm³/mol. The Morgan fingerprint density at radius 3 is 2.53 bits per heavy atom. The first-order valence-corrected chi connectivity index (χ1v) is 6.70. The molecule has 1 amide bonds. The standard InChI is InChI=1S/C14H20N2O2S/c1-11(2)10-16(9-8-13(15)19)14(17)18-12-6-4-3-5-7-12/h3-7,11H,8-10H2,1-2H3,(H2,15,19). The zero-order valence-electron chi connectivity index (χ0n) is 11.3. The average molecular weight is 280 g/mol. The highest BCUT2D eigenvalue weighted by molar-refractivity contribution is 7.80. The predicted octanol–water partition coefficient (Wildman–Crippen LogP) is 2.82. The Morgan fingerprint density at radius 1 is 1.37 bits per heavy atom. The summed E-state index contributed by atoms with van der Waals surface area (Å²) in [4.78, 5) is 14.1. The van der Waals surface area contributed by atoms with Crippen LogP contribution in [0.5, 0.6) is 5.75 Å². The molecular weight excluding hydrogens is 260 g/mol. The quantitative estimate of drug-likeness (QED) is 0.814. The summed E-state index contributed by atoms with van der Waals surface area (Å²) >= 11 is 4.84. The molecule has 5 heteroatoms. The van der Waals surface area contributed by atoms with E-state index in [1.165, 1.54) is 0 Å². The number of amides is 1. The average Bonchev–Trinajstić information content (AvgIpc) is 2.35. The van der Waals surface area contributed by atoms with Crippen LogP contribution >= 0.6 is 12.2 Å². The van der Waals surface area contributed by atoms with E-state index in [1.54, 1.807) is 17.0 Å². The summed E-state index contributed by atoms with van der Waals surface area (Å²) in [6.07, 6.45) is 0.141. The number of nitrogens with zero attached hydrogens (tertiary/aromatic N) is 1. The van der Waals surface area contributed by atoms with Gasteiger partial charge in [0.15, 0.2) is 0 Å². The molecule has 1 rings (SSSR count). The smallest absolute Gasteiger partial charge is 0.410 e. The number of hydrogen-bond donors (Lipinski definition) is 1. The second kappa shape index (κ2) is 7.74. The van der Waals surface area contributed by atoms with Crippen LogP contribution in [0.3, 0.4) is 0 Å². The number of rotatable bonds is 6. The van der Waals surface area contributed by atoms with Crippen molar-refractivity contribution in [3.05, 3.63) is 30.3 Å². The van der Waals surface area contributed by atoms with Gasteiger partial charge in [0, 0.05) is 19.5 Å². The van der Waals surface area contributed by atoms with Gasteiger partial charge >= 0.3 is 6.09 Å². The summed E-state index contributed by atoms with van der Waals surface area (Å²) in [5.74, 6) is 0.895. The molecule has 0 aliphatic rings. The van der Waals surface area contributed by atoms with Crippen molar-refractivity contribution >= 4 is 23.3 Å². The topological polar surface area (TPSA) is 55.6 Å². The highest BCUT2D eigenvalue weighted by Gasteiger charge is 2.17. The maximum atomic E-state index is 12.1. The Morgan fingerprint density at radius 2 is 2.00 bits per heavy atom. The SMILES string of the molecule is CC(C)CN(CCC(N)=S)C(=O)Oc1ccccc1. The minimum atomic E-state index is -0.365. The molecule has 0 aliphatic carbocycles. The van der Waals surface area contributed by atoms with E-state index in [2.05, 4.69) is 0 Å². The Bertz CT molecular complexity index is 421. The van der Waals surface area contributed by atoms with Crippen molar-refractivity contribution in [2.24, 2.45) is 11.7 Å². The van der Waals surface area contributed by atoms with E-state index in [0.717, 1.165) is 0 Å². The molecule has 0 fully saturated rings. The monoisotopic (exact) mass is 280 g/mol. The van der Waals surface area contributed by atoms with Crippen LogP contribution in [-0.4, -0.2) is 29.1 Å². The van der Waals surface area contributed by atoms with E-state index >= 15 is 0 Å². The van der Waals surface area contributed by atoms with Gasteiger partial charge in [-0.3, -0.25) is 0 Å². The molecule has 0 bridgehead atoms. The van der Waals surface area contributed by atoms with Crippen molar-refractivity contribution in [1.29, 1.82) is 0 Å². The lowest BCUT2D eigenvalue weighted by atomic mass is 10.2. The minimum Gasteiger partial charge on any atom is -0.410 e. The van der Waals surface area contributed by atoms with Crippen molar-refractivity contribution in [1.82, 2.24) is 4.90 Å². The molecule has 1 aromatic carbocycles. The van der Waals surface area contributed by atoms with Crippen LogP contribution in [0.25, 0.3) is 0 Å². The highest BCUT2D eigenvalue weighted by atomic mass is 32.1. The van der Waals surface area contributed by atoms with Gasteiger partial charge in [0.05, 0.1) is 4.99 Å². The molecular formula is C14H20N2O2S. The van der Waals surface area contributed by atoms with E-state index in [9.17, 15) is 4.79 Å². The first-order chi connectivity index (χ1) is 8.99. The van der Waals surface area contributed by atoms with Gasteiger partial charge in [0.25, 0.3) is 0 Å². The van der Waals surface area contributed by atoms with Crippen LogP contribution in [0.1, 0.15) is 20.3 Å². The Kier molecular flexibility index (Phi) is 6.29. The van der Waals surface area contributed by atoms with E-state index in [-0.39, 0.29) is 6.09 Å². The number of carbonyl (C=O) groups excluding carboxylic acids is 1. The van der Waals surface area contributed by atoms with Gasteiger partial charge in [-0.1, -0.05) is 44.3 Å². The summed E-state index contributed by atoms with van der Waals surface area (Å²) in [6, 6.07) is 9.02. The third kappa shape index (κ3) is 6.20. The lowest BCUT2D eigenvalue weighted by Gasteiger charge is -2.23. The number of benzene rings is 1. The fourth-order valence-electron chi connectivity index (χ4n) is 1.60. The fourth-order valence-corrected chi connectivity index (χ4v) is 1.69. The van der Waals surface area contributed by atoms with Gasteiger partial charge in [0.1, 0.15) is 5.75 Å². The van der Waals surface area contributed by atoms with Gasteiger partial charge in [0.2, 0.25) is 0 Å². The van der Waals surface area contributed by atoms with Gasteiger partial charge in [-0.2, -0.15) is 0 Å². The normalized spacial score (nSPS) is 10.3. The van der Waals surface area contributed by atoms with E-state index in [1.807, 2.05) is 32.0 Å². The third-order valence-electron chi connectivity index (χ3n) is 2.42. The molecule has 2 N–H and O–H groups in total. The largest absolute Gasteiger partial charge is 0.415 e. The highest BCUT2D eigenvalue weighted by Crippen LogP contribution is 2.11. The number of para-hydroxylation sites is 1. The van der Waals surface area contributed by atoms with Crippen LogP contribution < -0.4 is 10.5 Å². The number of carbonyl (C=O) groups is 1. The Balaban J connectivity index is 2.62. The molecule has 0 atom stereocenters. The maximum absolute atomic E-state index is 12.1. The van der Waals surface area contributed by atoms with Gasteiger partial charge in [-0.05, 0) is 18.1 Å². The summed E-state index contributed by atoms with van der Waals surface area (Å²) in [6.45, 7) is 5.20. The summed E-state index contributed by atoms with van der Waals surface area (Å²) in [5, 5.41) is 0. The zero-order valence-corrected chi connectivity index (χ0v) is 12.2. The van der Waals surface area contributed by atoms with Crippen molar-refractivity contribution in [2.75, 3.05) is 13.1 Å². The van der Waals surface area contributed by atoms with Crippen LogP contribution in [-0.2, 0) is 0 Å². The fraction of sp³-hybridized carbons (Fsp3) is 0.429.